The van der Waals surface area contributed by atoms with Crippen LogP contribution in [0.15, 0.2) is 33.5 Å². The molecule has 0 radical (unpaired) electrons. The van der Waals surface area contributed by atoms with E-state index in [1.807, 2.05) is 6.07 Å². The fraction of sp³-hybridized carbons (Fsp3) is 0.400. The third-order valence-electron chi connectivity index (χ3n) is 3.66. The third kappa shape index (κ3) is 2.63. The second-order valence-corrected chi connectivity index (χ2v) is 5.11. The van der Waals surface area contributed by atoms with E-state index in [1.165, 1.54) is 25.3 Å². The number of phenols is 1. The molecule has 2 heterocycles. The number of rotatable bonds is 2. The maximum atomic E-state index is 11.6. The highest BCUT2D eigenvalue weighted by molar-refractivity contribution is 5.81. The van der Waals surface area contributed by atoms with Gasteiger partial charge in [0.05, 0.1) is 0 Å². The Morgan fingerprint density at radius 2 is 1.95 bits per heavy atom. The fourth-order valence-electron chi connectivity index (χ4n) is 2.71. The zero-order chi connectivity index (χ0) is 13.2. The SMILES string of the molecule is O=c1cc(CN2CCCCC2)c2ccc(O)cc2o1. The van der Waals surface area contributed by atoms with Crippen LogP contribution in [0.5, 0.6) is 5.75 Å². The highest BCUT2D eigenvalue weighted by Gasteiger charge is 2.13. The predicted molar refractivity (Wildman–Crippen MR) is 73.3 cm³/mol. The van der Waals surface area contributed by atoms with Crippen molar-refractivity contribution < 1.29 is 9.52 Å². The van der Waals surface area contributed by atoms with Crippen molar-refractivity contribution in [3.63, 3.8) is 0 Å². The number of phenolic OH excluding ortho intramolecular Hbond substituents is 1. The lowest BCUT2D eigenvalue weighted by Crippen LogP contribution is -2.29. The van der Waals surface area contributed by atoms with Crippen LogP contribution in [0.4, 0.5) is 0 Å². The molecule has 1 aliphatic rings. The lowest BCUT2D eigenvalue weighted by molar-refractivity contribution is 0.221. The Morgan fingerprint density at radius 1 is 1.16 bits per heavy atom. The summed E-state index contributed by atoms with van der Waals surface area (Å²) in [4.78, 5) is 14.0. The van der Waals surface area contributed by atoms with E-state index in [0.29, 0.717) is 5.58 Å². The Bertz CT molecular complexity index is 641. The first kappa shape index (κ1) is 12.2. The molecule has 0 unspecified atom stereocenters. The quantitative estimate of drug-likeness (QED) is 0.842. The number of benzene rings is 1. The fourth-order valence-corrected chi connectivity index (χ4v) is 2.71. The van der Waals surface area contributed by atoms with Crippen LogP contribution in [0, 0.1) is 0 Å². The van der Waals surface area contributed by atoms with Crippen molar-refractivity contribution >= 4 is 11.0 Å². The molecule has 1 aromatic carbocycles. The van der Waals surface area contributed by atoms with E-state index in [4.69, 9.17) is 4.42 Å². The number of hydrogen-bond acceptors (Lipinski definition) is 4. The van der Waals surface area contributed by atoms with Gasteiger partial charge in [-0.3, -0.25) is 4.90 Å². The van der Waals surface area contributed by atoms with Gasteiger partial charge in [-0.1, -0.05) is 6.42 Å². The normalized spacial score (nSPS) is 16.8. The van der Waals surface area contributed by atoms with E-state index in [1.54, 1.807) is 12.1 Å². The molecule has 2 aromatic rings. The van der Waals surface area contributed by atoms with E-state index in [0.717, 1.165) is 30.6 Å². The Kier molecular flexibility index (Phi) is 3.25. The van der Waals surface area contributed by atoms with Crippen LogP contribution in [-0.2, 0) is 6.54 Å². The second kappa shape index (κ2) is 5.05. The molecule has 0 saturated carbocycles. The summed E-state index contributed by atoms with van der Waals surface area (Å²) in [5.74, 6) is 0.116. The summed E-state index contributed by atoms with van der Waals surface area (Å²) in [5.41, 5.74) is 1.08. The molecule has 1 N–H and O–H groups in total. The topological polar surface area (TPSA) is 53.7 Å². The van der Waals surface area contributed by atoms with Crippen molar-refractivity contribution in [2.75, 3.05) is 13.1 Å². The molecular weight excluding hydrogens is 242 g/mol. The summed E-state index contributed by atoms with van der Waals surface area (Å²) in [5, 5.41) is 10.4. The summed E-state index contributed by atoms with van der Waals surface area (Å²) in [6, 6.07) is 6.50. The van der Waals surface area contributed by atoms with Gasteiger partial charge < -0.3 is 9.52 Å². The minimum absolute atomic E-state index is 0.116. The highest BCUT2D eigenvalue weighted by Crippen LogP contribution is 2.23. The molecule has 4 nitrogen and oxygen atoms in total. The molecule has 0 amide bonds. The van der Waals surface area contributed by atoms with Crippen molar-refractivity contribution in [1.29, 1.82) is 0 Å². The van der Waals surface area contributed by atoms with Crippen LogP contribution in [0.2, 0.25) is 0 Å². The molecule has 100 valence electrons. The summed E-state index contributed by atoms with van der Waals surface area (Å²) in [6.45, 7) is 2.94. The van der Waals surface area contributed by atoms with Gasteiger partial charge in [0.25, 0.3) is 0 Å². The maximum Gasteiger partial charge on any atom is 0.336 e. The Hall–Kier alpha value is -1.81. The number of nitrogens with zero attached hydrogens (tertiary/aromatic N) is 1. The lowest BCUT2D eigenvalue weighted by Gasteiger charge is -2.26. The van der Waals surface area contributed by atoms with Crippen molar-refractivity contribution in [2.24, 2.45) is 0 Å². The maximum absolute atomic E-state index is 11.6. The first-order valence-electron chi connectivity index (χ1n) is 6.70. The second-order valence-electron chi connectivity index (χ2n) is 5.11. The standard InChI is InChI=1S/C15H17NO3/c17-12-4-5-13-11(8-15(18)19-14(13)9-12)10-16-6-2-1-3-7-16/h4-5,8-9,17H,1-3,6-7,10H2. The van der Waals surface area contributed by atoms with Crippen LogP contribution in [-0.4, -0.2) is 23.1 Å². The first-order chi connectivity index (χ1) is 9.22. The average molecular weight is 259 g/mol. The van der Waals surface area contributed by atoms with Crippen molar-refractivity contribution in [2.45, 2.75) is 25.8 Å². The van der Waals surface area contributed by atoms with E-state index in [9.17, 15) is 9.90 Å². The van der Waals surface area contributed by atoms with Gasteiger partial charge >= 0.3 is 5.63 Å². The number of aromatic hydroxyl groups is 1. The average Bonchev–Trinajstić information content (AvgIpc) is 2.39. The van der Waals surface area contributed by atoms with Crippen LogP contribution in [0.25, 0.3) is 11.0 Å². The van der Waals surface area contributed by atoms with Gasteiger partial charge in [-0.25, -0.2) is 4.79 Å². The number of piperidine rings is 1. The largest absolute Gasteiger partial charge is 0.508 e. The van der Waals surface area contributed by atoms with Crippen LogP contribution < -0.4 is 5.63 Å². The minimum atomic E-state index is -0.356. The van der Waals surface area contributed by atoms with Crippen LogP contribution in [0.1, 0.15) is 24.8 Å². The van der Waals surface area contributed by atoms with Gasteiger partial charge in [0, 0.05) is 24.1 Å². The zero-order valence-corrected chi connectivity index (χ0v) is 10.8. The Morgan fingerprint density at radius 3 is 2.74 bits per heavy atom. The summed E-state index contributed by atoms with van der Waals surface area (Å²) < 4.78 is 5.14. The monoisotopic (exact) mass is 259 g/mol. The number of fused-ring (bicyclic) bond motifs is 1. The molecule has 0 spiro atoms. The summed E-state index contributed by atoms with van der Waals surface area (Å²) >= 11 is 0. The van der Waals surface area contributed by atoms with E-state index >= 15 is 0 Å². The van der Waals surface area contributed by atoms with Gasteiger partial charge in [0.15, 0.2) is 0 Å². The van der Waals surface area contributed by atoms with E-state index in [2.05, 4.69) is 4.90 Å². The molecular formula is C15H17NO3. The van der Waals surface area contributed by atoms with Crippen LogP contribution in [0.3, 0.4) is 0 Å². The first-order valence-corrected chi connectivity index (χ1v) is 6.70. The molecule has 1 fully saturated rings. The van der Waals surface area contributed by atoms with Crippen molar-refractivity contribution in [3.8, 4) is 5.75 Å². The van der Waals surface area contributed by atoms with Crippen molar-refractivity contribution in [1.82, 2.24) is 4.90 Å². The number of likely N-dealkylation sites (tertiary alicyclic amines) is 1. The molecule has 1 saturated heterocycles. The predicted octanol–water partition coefficient (Wildman–Crippen LogP) is 2.48. The molecule has 19 heavy (non-hydrogen) atoms. The molecule has 4 heteroatoms. The van der Waals surface area contributed by atoms with E-state index in [-0.39, 0.29) is 11.4 Å². The minimum Gasteiger partial charge on any atom is -0.508 e. The van der Waals surface area contributed by atoms with Gasteiger partial charge in [-0.15, -0.1) is 0 Å². The molecule has 1 aliphatic heterocycles. The Labute approximate surface area is 111 Å². The van der Waals surface area contributed by atoms with Gasteiger partial charge in [-0.2, -0.15) is 0 Å². The van der Waals surface area contributed by atoms with Crippen molar-refractivity contribution in [3.05, 3.63) is 40.2 Å². The zero-order valence-electron chi connectivity index (χ0n) is 10.8. The number of hydrogen-bond donors (Lipinski definition) is 1. The molecule has 0 atom stereocenters. The van der Waals surface area contributed by atoms with Gasteiger partial charge in [0.1, 0.15) is 11.3 Å². The van der Waals surface area contributed by atoms with Crippen LogP contribution >= 0.6 is 0 Å². The summed E-state index contributed by atoms with van der Waals surface area (Å²) in [6.07, 6.45) is 3.74. The Balaban J connectivity index is 1.99. The van der Waals surface area contributed by atoms with Gasteiger partial charge in [0.2, 0.25) is 0 Å². The molecule has 0 bridgehead atoms. The third-order valence-corrected chi connectivity index (χ3v) is 3.66. The summed E-state index contributed by atoms with van der Waals surface area (Å²) in [7, 11) is 0. The highest BCUT2D eigenvalue weighted by atomic mass is 16.4. The molecule has 1 aromatic heterocycles. The molecule has 3 rings (SSSR count). The molecule has 0 aliphatic carbocycles. The van der Waals surface area contributed by atoms with Gasteiger partial charge in [-0.05, 0) is 43.6 Å². The lowest BCUT2D eigenvalue weighted by atomic mass is 10.1. The smallest absolute Gasteiger partial charge is 0.336 e. The van der Waals surface area contributed by atoms with E-state index < -0.39 is 0 Å².